The van der Waals surface area contributed by atoms with Crippen LogP contribution in [0.5, 0.6) is 69.0 Å². The van der Waals surface area contributed by atoms with Gasteiger partial charge in [-0.15, -0.1) is 0 Å². The average Bonchev–Trinajstić information content (AvgIpc) is 0.786. The van der Waals surface area contributed by atoms with Gasteiger partial charge in [-0.05, 0) is 218 Å². The van der Waals surface area contributed by atoms with Crippen molar-refractivity contribution in [1.82, 2.24) is 0 Å². The molecule has 12 aromatic rings. The fourth-order valence-electron chi connectivity index (χ4n) is 12.2. The molecule has 108 heavy (non-hydrogen) atoms. The van der Waals surface area contributed by atoms with Crippen molar-refractivity contribution in [3.8, 4) is 69.0 Å². The first-order valence-corrected chi connectivity index (χ1v) is 34.0. The lowest BCUT2D eigenvalue weighted by Crippen LogP contribution is -2.01. The molecular weight excluding hydrogens is 1370 g/mol. The van der Waals surface area contributed by atoms with Crippen molar-refractivity contribution >= 4 is 68.2 Å². The summed E-state index contributed by atoms with van der Waals surface area (Å²) in [6.07, 6.45) is -0.931. The number of fused-ring (bicyclic) bond motifs is 12. The van der Waals surface area contributed by atoms with E-state index in [0.29, 0.717) is 103 Å². The van der Waals surface area contributed by atoms with E-state index in [4.69, 9.17) is 59.1 Å². The molecule has 12 bridgehead atoms. The van der Waals surface area contributed by atoms with Crippen LogP contribution in [-0.2, 0) is 38.5 Å². The normalized spacial score (nSPS) is 12.5. The monoisotopic (exact) mass is 1440 g/mol. The zero-order valence-corrected chi connectivity index (χ0v) is 59.5. The van der Waals surface area contributed by atoms with Crippen LogP contribution < -0.4 is 28.4 Å². The molecule has 0 amide bonds. The molecule has 0 aromatic heterocycles. The van der Waals surface area contributed by atoms with Crippen molar-refractivity contribution in [1.29, 1.82) is 0 Å². The minimum absolute atomic E-state index is 0.155. The van der Waals surface area contributed by atoms with Gasteiger partial charge in [0, 0.05) is 105 Å². The number of benzene rings is 12. The van der Waals surface area contributed by atoms with Crippen LogP contribution in [0.25, 0.3) is 0 Å². The van der Waals surface area contributed by atoms with Gasteiger partial charge < -0.3 is 59.1 Å². The molecule has 0 atom stereocenters. The van der Waals surface area contributed by atoms with Gasteiger partial charge >= 0.3 is 0 Å². The molecule has 6 N–H and O–H groups in total. The Bertz CT molecular complexity index is 4450. The van der Waals surface area contributed by atoms with E-state index >= 15 is 0 Å². The molecule has 12 aromatic carbocycles. The number of nitrogens with zero attached hydrogens (tertiary/aromatic N) is 12. The second-order valence-electron chi connectivity index (χ2n) is 25.1. The van der Waals surface area contributed by atoms with Crippen LogP contribution >= 0.6 is 0 Å². The Morgan fingerprint density at radius 3 is 0.370 bits per heavy atom. The molecule has 13 rings (SSSR count). The molecule has 0 fully saturated rings. The highest BCUT2D eigenvalue weighted by molar-refractivity contribution is 5.66. The van der Waals surface area contributed by atoms with E-state index in [1.54, 1.807) is 261 Å². The predicted molar refractivity (Wildman–Crippen MR) is 408 cm³/mol. The molecule has 0 spiro atoms. The maximum absolute atomic E-state index is 12.9. The van der Waals surface area contributed by atoms with Gasteiger partial charge in [0.1, 0.15) is 69.0 Å². The van der Waals surface area contributed by atoms with Crippen molar-refractivity contribution < 1.29 is 59.1 Å². The lowest BCUT2D eigenvalue weighted by atomic mass is 9.90. The van der Waals surface area contributed by atoms with E-state index in [2.05, 4.69) is 30.7 Å². The third-order valence-corrected chi connectivity index (χ3v) is 17.9. The van der Waals surface area contributed by atoms with E-state index in [1.165, 1.54) is 0 Å². The molecule has 1 aliphatic carbocycles. The summed E-state index contributed by atoms with van der Waals surface area (Å²) in [6.45, 7) is 0. The summed E-state index contributed by atoms with van der Waals surface area (Å²) in [5, 5.41) is 133. The van der Waals surface area contributed by atoms with Crippen LogP contribution in [0.3, 0.4) is 0 Å². The Balaban J connectivity index is 1.04. The van der Waals surface area contributed by atoms with Crippen molar-refractivity contribution in [3.63, 3.8) is 0 Å². The quantitative estimate of drug-likeness (QED) is 0.0437. The van der Waals surface area contributed by atoms with Gasteiger partial charge in [-0.1, -0.05) is 0 Å². The van der Waals surface area contributed by atoms with Crippen molar-refractivity contribution in [2.75, 3.05) is 42.7 Å². The average molecular weight is 1440 g/mol. The zero-order chi connectivity index (χ0) is 75.2. The molecule has 0 saturated carbocycles. The molecule has 0 aliphatic heterocycles. The summed E-state index contributed by atoms with van der Waals surface area (Å²) in [5.41, 5.74) is 8.03. The first-order chi connectivity index (χ1) is 52.6. The van der Waals surface area contributed by atoms with Gasteiger partial charge in [0.25, 0.3) is 0 Å². The van der Waals surface area contributed by atoms with Crippen LogP contribution in [0.4, 0.5) is 68.2 Å². The first kappa shape index (κ1) is 72.2. The maximum Gasteiger partial charge on any atom is 0.122 e. The van der Waals surface area contributed by atoms with E-state index in [-0.39, 0.29) is 140 Å². The second-order valence-corrected chi connectivity index (χ2v) is 25.1. The molecule has 24 nitrogen and oxygen atoms in total. The highest BCUT2D eigenvalue weighted by atomic mass is 16.5. The Morgan fingerprint density at radius 1 is 0.167 bits per heavy atom. The summed E-state index contributed by atoms with van der Waals surface area (Å²) >= 11 is 0. The van der Waals surface area contributed by atoms with Gasteiger partial charge in [0.15, 0.2) is 0 Å². The van der Waals surface area contributed by atoms with Gasteiger partial charge in [-0.3, -0.25) is 0 Å². The van der Waals surface area contributed by atoms with Gasteiger partial charge in [0.2, 0.25) is 0 Å². The largest absolute Gasteiger partial charge is 0.507 e. The molecule has 540 valence electrons. The minimum Gasteiger partial charge on any atom is -0.507 e. The lowest BCUT2D eigenvalue weighted by molar-refractivity contribution is 0.414. The standard InChI is InChI=1S/C84H72N12O12/c1-103-73-19-7-61(8-20-73)85-91-67-37-49-31-51-39-68(92-86-62-9-21-74(104-2)22-10-62)41-53(80(51)98)33-55-43-70(94-88-64-13-25-76(106-4)26-14-64)45-57(82(55)100)35-59-47-72(96-90-66-17-29-78(108-6)30-18-66)48-60(84(59)102)36-58-46-71(95-89-65-15-27-77(107-5)28-16-65)44-56(83(58)101)34-54-42-69(93-87-63-11-23-75(105-3)24-12-63)40-52(81(54)99)32-50(38-67)79(49)97/h7-30,37-48,97-102H,31-36H2,1-6H3. The number of phenols is 6. The van der Waals surface area contributed by atoms with Crippen LogP contribution in [0.2, 0.25) is 0 Å². The number of methoxy groups -OCH3 is 6. The van der Waals surface area contributed by atoms with Crippen LogP contribution in [-0.4, -0.2) is 73.3 Å². The van der Waals surface area contributed by atoms with E-state index in [9.17, 15) is 30.6 Å². The highest BCUT2D eigenvalue weighted by Gasteiger charge is 2.25. The zero-order valence-electron chi connectivity index (χ0n) is 59.5. The number of hydrogen-bond donors (Lipinski definition) is 6. The van der Waals surface area contributed by atoms with Crippen LogP contribution in [0.1, 0.15) is 66.8 Å². The number of rotatable bonds is 18. The second kappa shape index (κ2) is 33.1. The maximum atomic E-state index is 12.9. The molecule has 0 unspecified atom stereocenters. The molecule has 24 heteroatoms. The number of aromatic hydroxyl groups is 6. The predicted octanol–water partition coefficient (Wildman–Crippen LogP) is 22.3. The fourth-order valence-corrected chi connectivity index (χ4v) is 12.2. The van der Waals surface area contributed by atoms with Gasteiger partial charge in [-0.2, -0.15) is 61.4 Å². The summed E-state index contributed by atoms with van der Waals surface area (Å²) in [4.78, 5) is 0. The van der Waals surface area contributed by atoms with E-state index in [1.807, 2.05) is 0 Å². The lowest BCUT2D eigenvalue weighted by Gasteiger charge is -2.18. The van der Waals surface area contributed by atoms with Crippen LogP contribution in [0, 0.1) is 0 Å². The summed E-state index contributed by atoms with van der Waals surface area (Å²) in [5.74, 6) is 2.40. The van der Waals surface area contributed by atoms with E-state index < -0.39 is 0 Å². The smallest absolute Gasteiger partial charge is 0.122 e. The topological polar surface area (TPSA) is 325 Å². The Morgan fingerprint density at radius 2 is 0.269 bits per heavy atom. The van der Waals surface area contributed by atoms with Crippen molar-refractivity contribution in [2.45, 2.75) is 38.5 Å². The SMILES string of the molecule is COc1ccc(N=Nc2cc3c(O)c(c2)Cc2cc(N=Nc4ccc(OC)cc4)cc(c2O)Cc2cc(N=Nc4ccc(OC)cc4)cc(c2O)Cc2cc(N=Nc4ccc(OC)cc4)cc(c2O)Cc2cc(N=Nc4ccc(OC)cc4)cc(c2O)Cc2cc(N=Nc4ccc(OC)cc4)cc(c2O)C3)cc1. The molecule has 0 radical (unpaired) electrons. The number of ether oxygens (including phenoxy) is 6. The van der Waals surface area contributed by atoms with Crippen molar-refractivity contribution in [3.05, 3.63) is 285 Å². The fraction of sp³-hybridized carbons (Fsp3) is 0.143. The Kier molecular flexibility index (Phi) is 22.1. The third-order valence-electron chi connectivity index (χ3n) is 17.9. The number of azo groups is 6. The minimum atomic E-state index is -0.212. The molecule has 1 aliphatic rings. The van der Waals surface area contributed by atoms with Crippen molar-refractivity contribution in [2.24, 2.45) is 61.4 Å². The summed E-state index contributed by atoms with van der Waals surface area (Å²) in [6, 6.07) is 61.7. The highest BCUT2D eigenvalue weighted by Crippen LogP contribution is 2.46. The Labute approximate surface area is 621 Å². The first-order valence-electron chi connectivity index (χ1n) is 34.0. The Hall–Kier alpha value is -14.2. The third kappa shape index (κ3) is 17.5. The summed E-state index contributed by atoms with van der Waals surface area (Å²) < 4.78 is 32.5. The number of hydrogen-bond acceptors (Lipinski definition) is 24. The molecule has 0 heterocycles. The van der Waals surface area contributed by atoms with Gasteiger partial charge in [-0.25, -0.2) is 0 Å². The number of phenolic OH excluding ortho intramolecular Hbond substituents is 6. The van der Waals surface area contributed by atoms with Crippen LogP contribution in [0.15, 0.2) is 280 Å². The molecule has 0 saturated heterocycles. The molecular formula is C84H72N12O12. The van der Waals surface area contributed by atoms with E-state index in [0.717, 1.165) is 0 Å². The van der Waals surface area contributed by atoms with Gasteiger partial charge in [0.05, 0.1) is 111 Å². The summed E-state index contributed by atoms with van der Waals surface area (Å²) in [7, 11) is 9.38.